The molecule has 2 N–H and O–H groups in total. The van der Waals surface area contributed by atoms with Gasteiger partial charge in [0.15, 0.2) is 0 Å². The zero-order chi connectivity index (χ0) is 19.1. The summed E-state index contributed by atoms with van der Waals surface area (Å²) >= 11 is 0. The molecule has 6 nitrogen and oxygen atoms in total. The molecule has 0 aromatic heterocycles. The van der Waals surface area contributed by atoms with Crippen LogP contribution in [-0.4, -0.2) is 55.2 Å². The summed E-state index contributed by atoms with van der Waals surface area (Å²) in [5.74, 6) is -0.0252. The average molecular weight is 388 g/mol. The van der Waals surface area contributed by atoms with Crippen LogP contribution < -0.4 is 5.73 Å². The molecule has 1 saturated heterocycles. The molecule has 0 spiro atoms. The van der Waals surface area contributed by atoms with Crippen LogP contribution in [0.2, 0.25) is 0 Å². The number of benzene rings is 2. The summed E-state index contributed by atoms with van der Waals surface area (Å²) in [5, 5.41) is 1.91. The van der Waals surface area contributed by atoms with Crippen molar-refractivity contribution in [3.63, 3.8) is 0 Å². The van der Waals surface area contributed by atoms with Gasteiger partial charge in [-0.1, -0.05) is 43.2 Å². The van der Waals surface area contributed by atoms with Crippen LogP contribution in [-0.2, 0) is 14.8 Å². The number of piperazine rings is 1. The highest BCUT2D eigenvalue weighted by molar-refractivity contribution is 7.89. The molecule has 0 atom stereocenters. The Labute approximate surface area is 160 Å². The van der Waals surface area contributed by atoms with Gasteiger partial charge in [0.2, 0.25) is 15.9 Å². The number of sulfonamides is 1. The fraction of sp³-hybridized carbons (Fsp3) is 0.450. The van der Waals surface area contributed by atoms with Crippen molar-refractivity contribution in [1.82, 2.24) is 9.21 Å². The lowest BCUT2D eigenvalue weighted by Gasteiger charge is -2.37. The zero-order valence-corrected chi connectivity index (χ0v) is 16.1. The smallest absolute Gasteiger partial charge is 0.243 e. The molecule has 27 heavy (non-hydrogen) atoms. The monoisotopic (exact) mass is 387 g/mol. The van der Waals surface area contributed by atoms with E-state index >= 15 is 0 Å². The maximum absolute atomic E-state index is 13.0. The highest BCUT2D eigenvalue weighted by Gasteiger charge is 2.41. The van der Waals surface area contributed by atoms with Gasteiger partial charge < -0.3 is 10.6 Å². The van der Waals surface area contributed by atoms with Gasteiger partial charge in [0.1, 0.15) is 0 Å². The molecule has 0 unspecified atom stereocenters. The largest absolute Gasteiger partial charge is 0.338 e. The van der Waals surface area contributed by atoms with E-state index in [1.165, 1.54) is 4.31 Å². The number of amides is 1. The Morgan fingerprint density at radius 3 is 2.22 bits per heavy atom. The quantitative estimate of drug-likeness (QED) is 0.872. The molecule has 2 fully saturated rings. The van der Waals surface area contributed by atoms with Crippen LogP contribution in [0.4, 0.5) is 0 Å². The minimum atomic E-state index is -3.57. The van der Waals surface area contributed by atoms with Crippen LogP contribution in [0.1, 0.15) is 25.7 Å². The molecular weight excluding hydrogens is 362 g/mol. The molecule has 1 heterocycles. The Balaban J connectivity index is 1.48. The van der Waals surface area contributed by atoms with Gasteiger partial charge in [0.05, 0.1) is 10.4 Å². The third kappa shape index (κ3) is 3.35. The van der Waals surface area contributed by atoms with Crippen LogP contribution in [0, 0.1) is 0 Å². The fourth-order valence-corrected chi connectivity index (χ4v) is 5.60. The van der Waals surface area contributed by atoms with Crippen LogP contribution >= 0.6 is 0 Å². The first-order valence-corrected chi connectivity index (χ1v) is 10.9. The molecule has 1 amide bonds. The molecule has 1 aliphatic heterocycles. The Morgan fingerprint density at radius 1 is 0.926 bits per heavy atom. The van der Waals surface area contributed by atoms with Crippen molar-refractivity contribution in [1.29, 1.82) is 0 Å². The van der Waals surface area contributed by atoms with E-state index in [1.807, 2.05) is 30.3 Å². The van der Waals surface area contributed by atoms with Gasteiger partial charge in [-0.3, -0.25) is 4.79 Å². The predicted molar refractivity (Wildman–Crippen MR) is 105 cm³/mol. The summed E-state index contributed by atoms with van der Waals surface area (Å²) in [6.45, 7) is 1.39. The maximum Gasteiger partial charge on any atom is 0.243 e. The van der Waals surface area contributed by atoms with Crippen molar-refractivity contribution < 1.29 is 13.2 Å². The molecule has 0 radical (unpaired) electrons. The minimum absolute atomic E-state index is 0.0252. The zero-order valence-electron chi connectivity index (χ0n) is 15.3. The summed E-state index contributed by atoms with van der Waals surface area (Å²) in [5.41, 5.74) is 5.52. The summed E-state index contributed by atoms with van der Waals surface area (Å²) in [7, 11) is -3.57. The number of hydrogen-bond acceptors (Lipinski definition) is 4. The van der Waals surface area contributed by atoms with Crippen molar-refractivity contribution >= 4 is 26.7 Å². The van der Waals surface area contributed by atoms with Gasteiger partial charge in [-0.25, -0.2) is 8.42 Å². The summed E-state index contributed by atoms with van der Waals surface area (Å²) in [6.07, 6.45) is 3.42. The van der Waals surface area contributed by atoms with Crippen molar-refractivity contribution in [3.8, 4) is 0 Å². The Morgan fingerprint density at radius 2 is 1.56 bits per heavy atom. The molecule has 1 aliphatic carbocycles. The number of nitrogens with zero attached hydrogens (tertiary/aromatic N) is 2. The highest BCUT2D eigenvalue weighted by atomic mass is 32.2. The highest BCUT2D eigenvalue weighted by Crippen LogP contribution is 2.30. The first-order chi connectivity index (χ1) is 12.9. The third-order valence-electron chi connectivity index (χ3n) is 5.81. The van der Waals surface area contributed by atoms with Crippen molar-refractivity contribution in [2.24, 2.45) is 5.73 Å². The molecule has 144 valence electrons. The van der Waals surface area contributed by atoms with Crippen LogP contribution in [0.3, 0.4) is 0 Å². The molecule has 2 aromatic rings. The normalized spacial score (nSPS) is 20.9. The SMILES string of the molecule is NC1(C(=O)N2CCN(S(=O)(=O)c3ccc4ccccc4c3)CC2)CCCC1. The number of fused-ring (bicyclic) bond motifs is 1. The number of carbonyl (C=O) groups is 1. The van der Waals surface area contributed by atoms with E-state index in [-0.39, 0.29) is 5.91 Å². The molecule has 2 aromatic carbocycles. The van der Waals surface area contributed by atoms with Crippen molar-refractivity contribution in [2.75, 3.05) is 26.2 Å². The van der Waals surface area contributed by atoms with E-state index in [4.69, 9.17) is 5.73 Å². The standard InChI is InChI=1S/C20H25N3O3S/c21-20(9-3-4-10-20)19(24)22-11-13-23(14-12-22)27(25,26)18-8-7-16-5-1-2-6-17(16)15-18/h1-2,5-8,15H,3-4,9-14,21H2. The maximum atomic E-state index is 13.0. The molecular formula is C20H25N3O3S. The Bertz CT molecular complexity index is 959. The fourth-order valence-electron chi connectivity index (χ4n) is 4.14. The number of rotatable bonds is 3. The van der Waals surface area contributed by atoms with Gasteiger partial charge in [0, 0.05) is 26.2 Å². The minimum Gasteiger partial charge on any atom is -0.338 e. The van der Waals surface area contributed by atoms with Gasteiger partial charge in [-0.2, -0.15) is 4.31 Å². The number of nitrogens with two attached hydrogens (primary N) is 1. The molecule has 0 bridgehead atoms. The lowest BCUT2D eigenvalue weighted by molar-refractivity contribution is -0.138. The second-order valence-electron chi connectivity index (χ2n) is 7.57. The van der Waals surface area contributed by atoms with Gasteiger partial charge in [-0.05, 0) is 35.7 Å². The van der Waals surface area contributed by atoms with E-state index in [1.54, 1.807) is 17.0 Å². The van der Waals surface area contributed by atoms with E-state index in [0.29, 0.717) is 31.1 Å². The lowest BCUT2D eigenvalue weighted by atomic mass is 9.97. The average Bonchev–Trinajstić information content (AvgIpc) is 3.15. The summed E-state index contributed by atoms with van der Waals surface area (Å²) in [6, 6.07) is 12.9. The summed E-state index contributed by atoms with van der Waals surface area (Å²) < 4.78 is 27.5. The first kappa shape index (κ1) is 18.4. The second kappa shape index (κ2) is 6.89. The first-order valence-electron chi connectivity index (χ1n) is 9.47. The predicted octanol–water partition coefficient (Wildman–Crippen LogP) is 1.94. The Kier molecular flexibility index (Phi) is 4.70. The van der Waals surface area contributed by atoms with E-state index in [9.17, 15) is 13.2 Å². The van der Waals surface area contributed by atoms with E-state index in [2.05, 4.69) is 0 Å². The molecule has 1 saturated carbocycles. The van der Waals surface area contributed by atoms with E-state index in [0.717, 1.165) is 36.5 Å². The van der Waals surface area contributed by atoms with Gasteiger partial charge >= 0.3 is 0 Å². The Hall–Kier alpha value is -1.96. The summed E-state index contributed by atoms with van der Waals surface area (Å²) in [4.78, 5) is 14.8. The van der Waals surface area contributed by atoms with Gasteiger partial charge in [-0.15, -0.1) is 0 Å². The van der Waals surface area contributed by atoms with Gasteiger partial charge in [0.25, 0.3) is 0 Å². The molecule has 2 aliphatic rings. The van der Waals surface area contributed by atoms with E-state index < -0.39 is 15.6 Å². The topological polar surface area (TPSA) is 83.7 Å². The third-order valence-corrected chi connectivity index (χ3v) is 7.70. The van der Waals surface area contributed by atoms with Crippen LogP contribution in [0.5, 0.6) is 0 Å². The number of hydrogen-bond donors (Lipinski definition) is 1. The van der Waals surface area contributed by atoms with Crippen molar-refractivity contribution in [3.05, 3.63) is 42.5 Å². The van der Waals surface area contributed by atoms with Crippen LogP contribution in [0.25, 0.3) is 10.8 Å². The molecule has 4 rings (SSSR count). The van der Waals surface area contributed by atoms with Crippen LogP contribution in [0.15, 0.2) is 47.4 Å². The number of carbonyl (C=O) groups excluding carboxylic acids is 1. The second-order valence-corrected chi connectivity index (χ2v) is 9.51. The van der Waals surface area contributed by atoms with Crippen molar-refractivity contribution in [2.45, 2.75) is 36.1 Å². The lowest BCUT2D eigenvalue weighted by Crippen LogP contribution is -2.59. The molecule has 7 heteroatoms.